The fraction of sp³-hybridized carbons (Fsp3) is 0.267. The summed E-state index contributed by atoms with van der Waals surface area (Å²) in [5, 5.41) is 28.6. The van der Waals surface area contributed by atoms with Gasteiger partial charge in [-0.05, 0) is 19.1 Å². The predicted octanol–water partition coefficient (Wildman–Crippen LogP) is 1.99. The van der Waals surface area contributed by atoms with E-state index in [2.05, 4.69) is 31.6 Å². The number of benzene rings is 1. The topological polar surface area (TPSA) is 141 Å². The summed E-state index contributed by atoms with van der Waals surface area (Å²) < 4.78 is 11.6. The average molecular weight is 442 g/mol. The Labute approximate surface area is 161 Å². The zero-order valence-corrected chi connectivity index (χ0v) is 16.1. The van der Waals surface area contributed by atoms with Crippen molar-refractivity contribution >= 4 is 33.7 Å². The molecule has 2 N–H and O–H groups in total. The molecule has 0 aliphatic heterocycles. The number of phenols is 1. The Morgan fingerprint density at radius 1 is 1.48 bits per heavy atom. The van der Waals surface area contributed by atoms with E-state index in [1.54, 1.807) is 12.1 Å². The lowest BCUT2D eigenvalue weighted by Gasteiger charge is -2.09. The molecule has 144 valence electrons. The highest BCUT2D eigenvalue weighted by atomic mass is 79.9. The van der Waals surface area contributed by atoms with Crippen molar-refractivity contribution in [2.45, 2.75) is 13.0 Å². The van der Waals surface area contributed by atoms with Gasteiger partial charge >= 0.3 is 11.6 Å². The van der Waals surface area contributed by atoms with Crippen molar-refractivity contribution in [1.29, 1.82) is 0 Å². The van der Waals surface area contributed by atoms with Crippen LogP contribution >= 0.6 is 15.9 Å². The van der Waals surface area contributed by atoms with Crippen LogP contribution in [0.25, 0.3) is 0 Å². The van der Waals surface area contributed by atoms with E-state index in [1.165, 1.54) is 27.4 Å². The minimum Gasteiger partial charge on any atom is -0.504 e. The van der Waals surface area contributed by atoms with Crippen molar-refractivity contribution in [1.82, 2.24) is 15.2 Å². The van der Waals surface area contributed by atoms with Crippen LogP contribution in [0.3, 0.4) is 0 Å². The minimum absolute atomic E-state index is 0.140. The highest BCUT2D eigenvalue weighted by molar-refractivity contribution is 9.10. The van der Waals surface area contributed by atoms with E-state index in [4.69, 9.17) is 9.47 Å². The summed E-state index contributed by atoms with van der Waals surface area (Å²) in [6.45, 7) is 1.49. The van der Waals surface area contributed by atoms with Gasteiger partial charge in [0.05, 0.1) is 25.4 Å². The van der Waals surface area contributed by atoms with Gasteiger partial charge in [-0.1, -0.05) is 15.9 Å². The fourth-order valence-electron chi connectivity index (χ4n) is 2.06. The Morgan fingerprint density at radius 2 is 2.19 bits per heavy atom. The van der Waals surface area contributed by atoms with Crippen LogP contribution in [0.1, 0.15) is 18.5 Å². The van der Waals surface area contributed by atoms with Crippen molar-refractivity contribution in [3.63, 3.8) is 0 Å². The van der Waals surface area contributed by atoms with E-state index in [0.29, 0.717) is 10.0 Å². The lowest BCUT2D eigenvalue weighted by Crippen LogP contribution is -2.27. The van der Waals surface area contributed by atoms with E-state index in [-0.39, 0.29) is 23.1 Å². The number of hydrazone groups is 1. The molecule has 0 saturated carbocycles. The van der Waals surface area contributed by atoms with E-state index >= 15 is 0 Å². The number of hydrogen-bond donors (Lipinski definition) is 2. The number of amides is 1. The fourth-order valence-corrected chi connectivity index (χ4v) is 2.52. The SMILES string of the molecule is COc1cc(Br)cc(/C=N/NC(=O)[C@H](C)n2cc([N+](=O)[O-])c(OC)n2)c1O. The molecule has 0 fully saturated rings. The van der Waals surface area contributed by atoms with Crippen molar-refractivity contribution in [3.8, 4) is 17.4 Å². The first-order chi connectivity index (χ1) is 12.8. The van der Waals surface area contributed by atoms with Crippen molar-refractivity contribution in [2.24, 2.45) is 5.10 Å². The summed E-state index contributed by atoms with van der Waals surface area (Å²) in [5.74, 6) is -0.678. The average Bonchev–Trinajstić information content (AvgIpc) is 3.08. The van der Waals surface area contributed by atoms with Gasteiger partial charge < -0.3 is 14.6 Å². The van der Waals surface area contributed by atoms with Gasteiger partial charge in [0.2, 0.25) is 0 Å². The summed E-state index contributed by atoms with van der Waals surface area (Å²) in [4.78, 5) is 22.5. The van der Waals surface area contributed by atoms with Crippen LogP contribution in [0.15, 0.2) is 27.9 Å². The highest BCUT2D eigenvalue weighted by Gasteiger charge is 2.25. The Hall–Kier alpha value is -3.15. The lowest BCUT2D eigenvalue weighted by molar-refractivity contribution is -0.385. The number of carbonyl (C=O) groups is 1. The summed E-state index contributed by atoms with van der Waals surface area (Å²) in [6.07, 6.45) is 2.33. The molecule has 0 aliphatic carbocycles. The second kappa shape index (κ2) is 8.49. The molecule has 11 nitrogen and oxygen atoms in total. The Morgan fingerprint density at radius 3 is 2.74 bits per heavy atom. The number of methoxy groups -OCH3 is 2. The van der Waals surface area contributed by atoms with E-state index in [0.717, 1.165) is 10.9 Å². The van der Waals surface area contributed by atoms with Crippen LogP contribution in [-0.2, 0) is 4.79 Å². The van der Waals surface area contributed by atoms with E-state index < -0.39 is 16.9 Å². The van der Waals surface area contributed by atoms with Crippen molar-refractivity contribution < 1.29 is 24.3 Å². The number of carbonyl (C=O) groups excluding carboxylic acids is 1. The summed E-state index contributed by atoms with van der Waals surface area (Å²) in [7, 11) is 2.65. The summed E-state index contributed by atoms with van der Waals surface area (Å²) in [6, 6.07) is 2.26. The van der Waals surface area contributed by atoms with Gasteiger partial charge in [0.1, 0.15) is 12.2 Å². The zero-order valence-electron chi connectivity index (χ0n) is 14.5. The number of aromatic nitrogens is 2. The molecular formula is C15H16BrN5O6. The second-order valence-electron chi connectivity index (χ2n) is 5.22. The predicted molar refractivity (Wildman–Crippen MR) is 98.2 cm³/mol. The van der Waals surface area contributed by atoms with Gasteiger partial charge in [-0.25, -0.2) is 10.1 Å². The van der Waals surface area contributed by atoms with Crippen LogP contribution in [0.2, 0.25) is 0 Å². The molecule has 1 aromatic heterocycles. The first kappa shape index (κ1) is 20.2. The molecule has 1 amide bonds. The van der Waals surface area contributed by atoms with Crippen LogP contribution in [0.5, 0.6) is 17.4 Å². The maximum atomic E-state index is 12.2. The monoisotopic (exact) mass is 441 g/mol. The number of nitro groups is 1. The number of hydrogen-bond acceptors (Lipinski definition) is 8. The number of halogens is 1. The third-order valence-corrected chi connectivity index (χ3v) is 3.97. The van der Waals surface area contributed by atoms with Crippen molar-refractivity contribution in [3.05, 3.63) is 38.5 Å². The van der Waals surface area contributed by atoms with E-state index in [1.807, 2.05) is 0 Å². The van der Waals surface area contributed by atoms with Crippen LogP contribution < -0.4 is 14.9 Å². The van der Waals surface area contributed by atoms with E-state index in [9.17, 15) is 20.0 Å². The Balaban J connectivity index is 2.13. The molecule has 0 spiro atoms. The number of nitrogens with one attached hydrogen (secondary N) is 1. The molecule has 1 aromatic carbocycles. The van der Waals surface area contributed by atoms with Gasteiger partial charge in [0.25, 0.3) is 5.91 Å². The molecule has 2 aromatic rings. The molecule has 1 atom stereocenters. The summed E-state index contributed by atoms with van der Waals surface area (Å²) in [5.41, 5.74) is 2.24. The number of phenolic OH excluding ortho intramolecular Hbond substituents is 1. The lowest BCUT2D eigenvalue weighted by atomic mass is 10.2. The smallest absolute Gasteiger partial charge is 0.350 e. The van der Waals surface area contributed by atoms with Gasteiger partial charge in [-0.3, -0.25) is 14.9 Å². The summed E-state index contributed by atoms with van der Waals surface area (Å²) >= 11 is 3.27. The zero-order chi connectivity index (χ0) is 20.1. The molecule has 0 radical (unpaired) electrons. The number of rotatable bonds is 7. The quantitative estimate of drug-likeness (QED) is 0.380. The molecule has 0 unspecified atom stereocenters. The highest BCUT2D eigenvalue weighted by Crippen LogP contribution is 2.32. The van der Waals surface area contributed by atoms with Crippen LogP contribution in [0.4, 0.5) is 5.69 Å². The van der Waals surface area contributed by atoms with Gasteiger partial charge in [0, 0.05) is 10.0 Å². The number of ether oxygens (including phenoxy) is 2. The standard InChI is InChI=1S/C15H16BrN5O6/c1-8(20-7-11(21(24)25)15(19-20)27-3)14(23)18-17-6-9-4-10(16)5-12(26-2)13(9)22/h4-8,22H,1-3H3,(H,18,23)/b17-6+/t8-/m0/s1. The molecule has 2 rings (SSSR count). The largest absolute Gasteiger partial charge is 0.504 e. The molecule has 1 heterocycles. The molecule has 0 bridgehead atoms. The van der Waals surface area contributed by atoms with Crippen molar-refractivity contribution in [2.75, 3.05) is 14.2 Å². The van der Waals surface area contributed by atoms with Crippen LogP contribution in [0, 0.1) is 10.1 Å². The van der Waals surface area contributed by atoms with Gasteiger partial charge in [-0.2, -0.15) is 5.10 Å². The van der Waals surface area contributed by atoms with Gasteiger partial charge in [-0.15, -0.1) is 5.10 Å². The van der Waals surface area contributed by atoms with Gasteiger partial charge in [0.15, 0.2) is 11.5 Å². The first-order valence-electron chi connectivity index (χ1n) is 7.45. The molecular weight excluding hydrogens is 426 g/mol. The number of nitrogens with zero attached hydrogens (tertiary/aromatic N) is 4. The van der Waals surface area contributed by atoms with Crippen LogP contribution in [-0.4, -0.2) is 46.2 Å². The number of aromatic hydroxyl groups is 1. The normalized spacial score (nSPS) is 12.0. The Bertz CT molecular complexity index is 897. The third kappa shape index (κ3) is 4.53. The maximum absolute atomic E-state index is 12.2. The minimum atomic E-state index is -0.893. The molecule has 0 aliphatic rings. The first-order valence-corrected chi connectivity index (χ1v) is 8.24. The molecule has 12 heteroatoms. The second-order valence-corrected chi connectivity index (χ2v) is 6.13. The maximum Gasteiger partial charge on any atom is 0.350 e. The molecule has 0 saturated heterocycles. The third-order valence-electron chi connectivity index (χ3n) is 3.51. The Kier molecular flexibility index (Phi) is 6.34. The molecule has 27 heavy (non-hydrogen) atoms.